The summed E-state index contributed by atoms with van der Waals surface area (Å²) in [4.78, 5) is 65.7. The van der Waals surface area contributed by atoms with Gasteiger partial charge >= 0.3 is 29.8 Å². The molecule has 0 saturated heterocycles. The number of hydrogen-bond acceptors (Lipinski definition) is 11. The van der Waals surface area contributed by atoms with E-state index in [4.69, 9.17) is 23.7 Å². The van der Waals surface area contributed by atoms with Crippen LogP contribution in [0.1, 0.15) is 65.5 Å². The fourth-order valence-electron chi connectivity index (χ4n) is 5.35. The fourth-order valence-corrected chi connectivity index (χ4v) is 5.35. The maximum absolute atomic E-state index is 13.5. The Morgan fingerprint density at radius 3 is 1.98 bits per heavy atom. The van der Waals surface area contributed by atoms with E-state index in [9.17, 15) is 24.0 Å². The molecule has 3 rings (SSSR count). The van der Waals surface area contributed by atoms with Crippen LogP contribution in [-0.4, -0.2) is 75.4 Å². The highest BCUT2D eigenvalue weighted by Crippen LogP contribution is 2.36. The highest BCUT2D eigenvalue weighted by Gasteiger charge is 2.39. The highest BCUT2D eigenvalue weighted by molar-refractivity contribution is 5.91. The number of hydrogen-bond donors (Lipinski definition) is 2. The summed E-state index contributed by atoms with van der Waals surface area (Å²) in [6.07, 6.45) is 0.607. The van der Waals surface area contributed by atoms with Crippen molar-refractivity contribution in [2.24, 2.45) is 0 Å². The second-order valence-corrected chi connectivity index (χ2v) is 10.6. The molecule has 1 aromatic heterocycles. The second-order valence-electron chi connectivity index (χ2n) is 10.6. The van der Waals surface area contributed by atoms with Crippen LogP contribution in [0.3, 0.4) is 0 Å². The zero-order valence-electron chi connectivity index (χ0n) is 25.8. The Morgan fingerprint density at radius 1 is 0.773 bits per heavy atom. The molecule has 0 fully saturated rings. The molecule has 0 amide bonds. The van der Waals surface area contributed by atoms with Gasteiger partial charge in [0.15, 0.2) is 0 Å². The van der Waals surface area contributed by atoms with Gasteiger partial charge in [0, 0.05) is 37.0 Å². The number of nitrogens with one attached hydrogen (secondary N) is 2. The molecule has 1 unspecified atom stereocenters. The molecule has 238 valence electrons. The lowest BCUT2D eigenvalue weighted by Crippen LogP contribution is -2.42. The molecule has 0 saturated carbocycles. The third kappa shape index (κ3) is 8.79. The first-order chi connectivity index (χ1) is 21.0. The molecule has 1 aromatic carbocycles. The molecule has 44 heavy (non-hydrogen) atoms. The minimum atomic E-state index is -0.819. The molecule has 0 spiro atoms. The third-order valence-corrected chi connectivity index (χ3v) is 7.80. The fraction of sp³-hybridized carbons (Fsp3) is 0.469. The smallest absolute Gasteiger partial charge is 0.355 e. The zero-order valence-corrected chi connectivity index (χ0v) is 25.8. The molecule has 0 radical (unpaired) electrons. The van der Waals surface area contributed by atoms with E-state index in [1.54, 1.807) is 0 Å². The van der Waals surface area contributed by atoms with E-state index in [1.165, 1.54) is 28.4 Å². The van der Waals surface area contributed by atoms with Crippen LogP contribution in [-0.2, 0) is 68.7 Å². The summed E-state index contributed by atoms with van der Waals surface area (Å²) in [5.74, 6) is -2.50. The molecule has 1 aliphatic rings. The Morgan fingerprint density at radius 2 is 1.36 bits per heavy atom. The minimum Gasteiger partial charge on any atom is -0.469 e. The van der Waals surface area contributed by atoms with Crippen LogP contribution in [0.4, 0.5) is 0 Å². The quantitative estimate of drug-likeness (QED) is 0.173. The van der Waals surface area contributed by atoms with Gasteiger partial charge in [0.1, 0.15) is 12.3 Å². The van der Waals surface area contributed by atoms with Gasteiger partial charge in [-0.05, 0) is 42.0 Å². The van der Waals surface area contributed by atoms with Gasteiger partial charge in [-0.3, -0.25) is 19.2 Å². The number of aromatic amines is 1. The average molecular weight is 613 g/mol. The van der Waals surface area contributed by atoms with Crippen LogP contribution in [0.5, 0.6) is 0 Å². The van der Waals surface area contributed by atoms with Gasteiger partial charge in [-0.2, -0.15) is 0 Å². The maximum atomic E-state index is 13.5. The molecule has 12 nitrogen and oxygen atoms in total. The summed E-state index contributed by atoms with van der Waals surface area (Å²) in [6.45, 7) is 2.33. The first kappa shape index (κ1) is 34.0. The molecular weight excluding hydrogens is 572 g/mol. The van der Waals surface area contributed by atoms with Crippen molar-refractivity contribution in [3.8, 4) is 0 Å². The van der Waals surface area contributed by atoms with Crippen molar-refractivity contribution < 1.29 is 47.7 Å². The molecule has 12 heteroatoms. The number of aromatic nitrogens is 1. The largest absolute Gasteiger partial charge is 0.469 e. The topological polar surface area (TPSA) is 159 Å². The summed E-state index contributed by atoms with van der Waals surface area (Å²) >= 11 is 0. The van der Waals surface area contributed by atoms with Crippen LogP contribution in [0, 0.1) is 0 Å². The maximum Gasteiger partial charge on any atom is 0.355 e. The monoisotopic (exact) mass is 612 g/mol. The van der Waals surface area contributed by atoms with Gasteiger partial charge in [0.2, 0.25) is 0 Å². The van der Waals surface area contributed by atoms with Crippen molar-refractivity contribution in [3.63, 3.8) is 0 Å². The van der Waals surface area contributed by atoms with Crippen LogP contribution >= 0.6 is 0 Å². The predicted octanol–water partition coefficient (Wildman–Crippen LogP) is 2.91. The second kappa shape index (κ2) is 15.9. The van der Waals surface area contributed by atoms with E-state index in [0.717, 1.165) is 16.7 Å². The van der Waals surface area contributed by atoms with E-state index < -0.39 is 29.4 Å². The molecule has 2 aromatic rings. The molecule has 0 aliphatic carbocycles. The number of methoxy groups -OCH3 is 4. The summed E-state index contributed by atoms with van der Waals surface area (Å²) in [5, 5.41) is 3.45. The van der Waals surface area contributed by atoms with Crippen LogP contribution in [0.25, 0.3) is 0 Å². The Hall–Kier alpha value is -4.45. The third-order valence-electron chi connectivity index (χ3n) is 7.80. The molecule has 2 heterocycles. The number of carbonyl (C=O) groups is 5. The number of benzene rings is 1. The van der Waals surface area contributed by atoms with E-state index in [2.05, 4.69) is 10.3 Å². The summed E-state index contributed by atoms with van der Waals surface area (Å²) < 4.78 is 25.2. The number of esters is 5. The Labute approximate surface area is 256 Å². The van der Waals surface area contributed by atoms with Crippen molar-refractivity contribution in [2.45, 2.75) is 64.0 Å². The normalized spacial score (nSPS) is 15.9. The van der Waals surface area contributed by atoms with Crippen molar-refractivity contribution in [1.82, 2.24) is 10.3 Å². The zero-order chi connectivity index (χ0) is 32.3. The van der Waals surface area contributed by atoms with Crippen molar-refractivity contribution in [2.75, 3.05) is 35.0 Å². The lowest BCUT2D eigenvalue weighted by atomic mass is 9.83. The van der Waals surface area contributed by atoms with Crippen molar-refractivity contribution >= 4 is 29.8 Å². The van der Waals surface area contributed by atoms with Crippen molar-refractivity contribution in [1.29, 1.82) is 0 Å². The summed E-state index contributed by atoms with van der Waals surface area (Å²) in [7, 11) is 5.16. The molecule has 1 atom stereocenters. The van der Waals surface area contributed by atoms with Gasteiger partial charge in [-0.15, -0.1) is 0 Å². The summed E-state index contributed by atoms with van der Waals surface area (Å²) in [5.41, 5.74) is 3.18. The van der Waals surface area contributed by atoms with Gasteiger partial charge in [0.05, 0.1) is 41.3 Å². The van der Waals surface area contributed by atoms with Crippen LogP contribution in [0.15, 0.2) is 41.5 Å². The molecule has 1 aliphatic heterocycles. The van der Waals surface area contributed by atoms with E-state index in [-0.39, 0.29) is 56.8 Å². The van der Waals surface area contributed by atoms with Gasteiger partial charge in [-0.25, -0.2) is 4.79 Å². The first-order valence-electron chi connectivity index (χ1n) is 14.2. The first-order valence-corrected chi connectivity index (χ1v) is 14.2. The van der Waals surface area contributed by atoms with E-state index >= 15 is 0 Å². The Bertz CT molecular complexity index is 1400. The molecule has 0 bridgehead atoms. The van der Waals surface area contributed by atoms with Gasteiger partial charge < -0.3 is 34.0 Å². The van der Waals surface area contributed by atoms with Gasteiger partial charge in [0.25, 0.3) is 0 Å². The average Bonchev–Trinajstić information content (AvgIpc) is 3.53. The van der Waals surface area contributed by atoms with E-state index in [0.29, 0.717) is 29.8 Å². The lowest BCUT2D eigenvalue weighted by Gasteiger charge is -2.29. The Balaban J connectivity index is 2.06. The molecule has 2 N–H and O–H groups in total. The SMILES string of the molecule is COC(=O)CCC1=C(CC(=O)OC)C(C)(Cc2[nH]c(C(=O)OCc3ccccc3)c(CCC(=O)OC)c2CC(=O)OC)NC1. The predicted molar refractivity (Wildman–Crippen MR) is 157 cm³/mol. The minimum absolute atomic E-state index is 0.0195. The standard InChI is InChI=1S/C32H40N2O10/c1-32(24(16-29(38)43-5)21(18-33-32)11-13-26(35)40-2)17-25-23(15-28(37)42-4)22(12-14-27(36)41-3)30(34-25)31(39)44-19-20-9-7-6-8-10-20/h6-10,33-34H,11-19H2,1-5H3. The Kier molecular flexibility index (Phi) is 12.3. The number of rotatable bonds is 15. The number of ether oxygens (including phenoxy) is 5. The van der Waals surface area contributed by atoms with Crippen LogP contribution in [0.2, 0.25) is 0 Å². The summed E-state index contributed by atoms with van der Waals surface area (Å²) in [6, 6.07) is 9.18. The highest BCUT2D eigenvalue weighted by atomic mass is 16.5. The van der Waals surface area contributed by atoms with Crippen molar-refractivity contribution in [3.05, 3.63) is 69.6 Å². The number of H-pyrrole nitrogens is 1. The van der Waals surface area contributed by atoms with Gasteiger partial charge in [-0.1, -0.05) is 35.9 Å². The molecular formula is C32H40N2O10. The van der Waals surface area contributed by atoms with Crippen LogP contribution < -0.4 is 5.32 Å². The van der Waals surface area contributed by atoms with E-state index in [1.807, 2.05) is 37.3 Å². The number of carbonyl (C=O) groups excluding carboxylic acids is 5. The lowest BCUT2D eigenvalue weighted by molar-refractivity contribution is -0.141.